The van der Waals surface area contributed by atoms with Gasteiger partial charge in [-0.3, -0.25) is 0 Å². The van der Waals surface area contributed by atoms with Crippen molar-refractivity contribution in [3.05, 3.63) is 114 Å². The van der Waals surface area contributed by atoms with Crippen LogP contribution in [0, 0.1) is 0 Å². The lowest BCUT2D eigenvalue weighted by Gasteiger charge is -2.30. The summed E-state index contributed by atoms with van der Waals surface area (Å²) in [7, 11) is -0.990. The van der Waals surface area contributed by atoms with Gasteiger partial charge in [0.15, 0.2) is 0 Å². The number of aromatic nitrogens is 2. The third-order valence-electron chi connectivity index (χ3n) is 8.43. The summed E-state index contributed by atoms with van der Waals surface area (Å²) >= 11 is 0. The number of ether oxygens (including phenoxy) is 4. The Balaban J connectivity index is 1.38. The Kier molecular flexibility index (Phi) is 10.4. The number of amides is 1. The highest BCUT2D eigenvalue weighted by atomic mass is 32.2. The molecule has 0 saturated carbocycles. The van der Waals surface area contributed by atoms with Gasteiger partial charge < -0.3 is 28.8 Å². The van der Waals surface area contributed by atoms with Gasteiger partial charge in [0.25, 0.3) is 0 Å². The van der Waals surface area contributed by atoms with Crippen LogP contribution in [0.5, 0.6) is 23.0 Å². The Hall–Kier alpha value is -5.33. The molecule has 1 aliphatic heterocycles. The first-order valence-corrected chi connectivity index (χ1v) is 18.0. The van der Waals surface area contributed by atoms with Gasteiger partial charge in [0.05, 0.1) is 20.4 Å². The van der Waals surface area contributed by atoms with E-state index in [4.69, 9.17) is 18.9 Å². The molecular weight excluding hydrogens is 669 g/mol. The van der Waals surface area contributed by atoms with Crippen LogP contribution in [-0.4, -0.2) is 66.6 Å². The first-order valence-electron chi connectivity index (χ1n) is 16.6. The van der Waals surface area contributed by atoms with Crippen LogP contribution in [0.4, 0.5) is 4.79 Å². The van der Waals surface area contributed by atoms with Crippen LogP contribution in [-0.2, 0) is 27.8 Å². The second kappa shape index (κ2) is 14.9. The number of rotatable bonds is 11. The molecule has 266 valence electrons. The van der Waals surface area contributed by atoms with Crippen LogP contribution >= 0.6 is 0 Å². The molecule has 3 aromatic carbocycles. The van der Waals surface area contributed by atoms with Crippen molar-refractivity contribution in [1.82, 2.24) is 19.2 Å². The lowest BCUT2D eigenvalue weighted by atomic mass is 9.99. The molecule has 5 aromatic rings. The number of hydrogen-bond donors (Lipinski definition) is 1. The first-order chi connectivity index (χ1) is 24.4. The van der Waals surface area contributed by atoms with Crippen LogP contribution in [0.1, 0.15) is 43.9 Å². The Labute approximate surface area is 298 Å². The molecule has 6 rings (SSSR count). The number of hydrogen-bond acceptors (Lipinski definition) is 8. The molecule has 0 fully saturated rings. The van der Waals surface area contributed by atoms with E-state index >= 15 is 0 Å². The molecule has 0 unspecified atom stereocenters. The maximum Gasteiger partial charge on any atom is 0.410 e. The summed E-state index contributed by atoms with van der Waals surface area (Å²) < 4.78 is 53.6. The quantitative estimate of drug-likeness (QED) is 0.147. The fourth-order valence-electron chi connectivity index (χ4n) is 5.76. The van der Waals surface area contributed by atoms with Crippen LogP contribution in [0.2, 0.25) is 0 Å². The van der Waals surface area contributed by atoms with E-state index in [2.05, 4.69) is 9.97 Å². The summed E-state index contributed by atoms with van der Waals surface area (Å²) in [5.74, 6) is 1.90. The van der Waals surface area contributed by atoms with Gasteiger partial charge in [-0.25, -0.2) is 18.2 Å². The molecule has 3 heterocycles. The molecule has 1 amide bonds. The van der Waals surface area contributed by atoms with Crippen molar-refractivity contribution in [3.63, 3.8) is 0 Å². The van der Waals surface area contributed by atoms with Gasteiger partial charge in [-0.15, -0.1) is 0 Å². The average Bonchev–Trinajstić information content (AvgIpc) is 3.59. The lowest BCUT2D eigenvalue weighted by molar-refractivity contribution is 0.0270. The second-order valence-electron chi connectivity index (χ2n) is 13.2. The van der Waals surface area contributed by atoms with E-state index in [-0.39, 0.29) is 29.8 Å². The Morgan fingerprint density at radius 2 is 1.53 bits per heavy atom. The number of nitrogens with zero attached hydrogens (tertiary/aromatic N) is 3. The molecule has 11 nitrogen and oxygen atoms in total. The summed E-state index contributed by atoms with van der Waals surface area (Å²) in [6, 6.07) is 23.5. The Morgan fingerprint density at radius 3 is 2.10 bits per heavy atom. The van der Waals surface area contributed by atoms with Crippen LogP contribution in [0.3, 0.4) is 0 Å². The predicted octanol–water partition coefficient (Wildman–Crippen LogP) is 7.79. The van der Waals surface area contributed by atoms with Crippen molar-refractivity contribution in [2.45, 2.75) is 50.8 Å². The molecule has 1 aliphatic rings. The van der Waals surface area contributed by atoms with Crippen molar-refractivity contribution >= 4 is 32.7 Å². The number of nitrogens with one attached hydrogen (secondary N) is 1. The van der Waals surface area contributed by atoms with E-state index in [1.54, 1.807) is 49.7 Å². The van der Waals surface area contributed by atoms with Gasteiger partial charge >= 0.3 is 6.09 Å². The van der Waals surface area contributed by atoms with Crippen molar-refractivity contribution in [3.8, 4) is 23.0 Å². The minimum absolute atomic E-state index is 0.00855. The molecule has 0 spiro atoms. The fourth-order valence-corrected chi connectivity index (χ4v) is 7.27. The van der Waals surface area contributed by atoms with Gasteiger partial charge in [0, 0.05) is 37.8 Å². The number of sulfonamides is 1. The zero-order chi connectivity index (χ0) is 36.2. The van der Waals surface area contributed by atoms with E-state index in [9.17, 15) is 13.2 Å². The number of methoxy groups -OCH3 is 2. The molecular formula is C39H42N4O7S. The van der Waals surface area contributed by atoms with E-state index in [0.29, 0.717) is 42.4 Å². The van der Waals surface area contributed by atoms with Gasteiger partial charge in [-0.05, 0) is 98.0 Å². The van der Waals surface area contributed by atoms with E-state index in [1.165, 1.54) is 4.31 Å². The zero-order valence-corrected chi connectivity index (χ0v) is 30.2. The van der Waals surface area contributed by atoms with E-state index < -0.39 is 15.6 Å². The summed E-state index contributed by atoms with van der Waals surface area (Å²) in [5.41, 5.74) is 3.43. The molecule has 0 radical (unpaired) electrons. The summed E-state index contributed by atoms with van der Waals surface area (Å²) in [6.07, 6.45) is 5.50. The maximum absolute atomic E-state index is 14.8. The number of fused-ring (bicyclic) bond motifs is 1. The van der Waals surface area contributed by atoms with Crippen LogP contribution in [0.25, 0.3) is 16.6 Å². The van der Waals surface area contributed by atoms with Crippen molar-refractivity contribution in [2.75, 3.05) is 27.3 Å². The first kappa shape index (κ1) is 35.5. The largest absolute Gasteiger partial charge is 0.497 e. The van der Waals surface area contributed by atoms with Crippen molar-refractivity contribution in [2.24, 2.45) is 0 Å². The highest BCUT2D eigenvalue weighted by molar-refractivity contribution is 7.89. The van der Waals surface area contributed by atoms with E-state index in [1.807, 2.05) is 87.5 Å². The zero-order valence-electron chi connectivity index (χ0n) is 29.4. The van der Waals surface area contributed by atoms with Crippen LogP contribution in [0.15, 0.2) is 102 Å². The number of pyridine rings is 1. The standard InChI is InChI=1S/C39H42N4O7S/c1-39(2,3)50-38(44)42-20-17-29(18-21-42)30-10-15-36(35(23-30)49-34-22-31-16-19-40-37(31)41-24-34)51(45,46)43(25-27-6-11-32(47-4)12-7-27)26-28-8-13-33(48-5)14-9-28/h6-17,19,22-24H,18,20-21,25-26H2,1-5H3,(H,40,41). The van der Waals surface area contributed by atoms with Crippen molar-refractivity contribution in [1.29, 1.82) is 0 Å². The highest BCUT2D eigenvalue weighted by Gasteiger charge is 2.30. The maximum atomic E-state index is 14.8. The Bertz CT molecular complexity index is 2090. The third-order valence-corrected chi connectivity index (χ3v) is 10.3. The number of carbonyl (C=O) groups excluding carboxylic acids is 1. The number of aromatic amines is 1. The van der Waals surface area contributed by atoms with Gasteiger partial charge in [0.1, 0.15) is 39.1 Å². The SMILES string of the molecule is COc1ccc(CN(Cc2ccc(OC)cc2)S(=O)(=O)c2ccc(C3=CCN(C(=O)OC(C)(C)C)CC3)cc2Oc2cnc3[nH]ccc3c2)cc1. The number of carbonyl (C=O) groups is 1. The molecule has 1 N–H and O–H groups in total. The van der Waals surface area contributed by atoms with Gasteiger partial charge in [0.2, 0.25) is 10.0 Å². The summed E-state index contributed by atoms with van der Waals surface area (Å²) in [6.45, 7) is 6.54. The molecule has 12 heteroatoms. The van der Waals surface area contributed by atoms with Gasteiger partial charge in [-0.2, -0.15) is 4.31 Å². The number of benzene rings is 3. The molecule has 0 bridgehead atoms. The average molecular weight is 711 g/mol. The topological polar surface area (TPSA) is 123 Å². The van der Waals surface area contributed by atoms with Gasteiger partial charge in [-0.1, -0.05) is 36.4 Å². The minimum atomic E-state index is -4.17. The molecule has 2 aromatic heterocycles. The predicted molar refractivity (Wildman–Crippen MR) is 195 cm³/mol. The normalized spacial score (nSPS) is 13.6. The summed E-state index contributed by atoms with van der Waals surface area (Å²) in [5, 5.41) is 0.825. The summed E-state index contributed by atoms with van der Waals surface area (Å²) in [4.78, 5) is 21.9. The molecule has 0 atom stereocenters. The lowest BCUT2D eigenvalue weighted by Crippen LogP contribution is -2.39. The monoisotopic (exact) mass is 710 g/mol. The van der Waals surface area contributed by atoms with Crippen molar-refractivity contribution < 1.29 is 32.2 Å². The minimum Gasteiger partial charge on any atom is -0.497 e. The third kappa shape index (κ3) is 8.53. The molecule has 0 aliphatic carbocycles. The fraction of sp³-hybridized carbons (Fsp3) is 0.282. The number of H-pyrrole nitrogens is 1. The van der Waals surface area contributed by atoms with Crippen LogP contribution < -0.4 is 14.2 Å². The Morgan fingerprint density at radius 1 is 0.882 bits per heavy atom. The smallest absolute Gasteiger partial charge is 0.410 e. The molecule has 0 saturated heterocycles. The second-order valence-corrected chi connectivity index (χ2v) is 15.1. The van der Waals surface area contributed by atoms with E-state index in [0.717, 1.165) is 27.6 Å². The highest BCUT2D eigenvalue weighted by Crippen LogP contribution is 2.37. The molecule has 51 heavy (non-hydrogen) atoms.